The molecule has 0 aliphatic rings. The van der Waals surface area contributed by atoms with E-state index < -0.39 is 0 Å². The lowest BCUT2D eigenvalue weighted by atomic mass is 10.1. The Balaban J connectivity index is 1.68. The molecule has 0 bridgehead atoms. The maximum absolute atomic E-state index is 5.98. The van der Waals surface area contributed by atoms with E-state index >= 15 is 0 Å². The van der Waals surface area contributed by atoms with E-state index in [2.05, 4.69) is 33.6 Å². The molecule has 7 nitrogen and oxygen atoms in total. The van der Waals surface area contributed by atoms with Crippen LogP contribution in [0.15, 0.2) is 52.0 Å². The highest BCUT2D eigenvalue weighted by Crippen LogP contribution is 2.24. The van der Waals surface area contributed by atoms with E-state index in [1.807, 2.05) is 37.3 Å². The molecule has 0 saturated carbocycles. The first-order valence-electron chi connectivity index (χ1n) is 9.77. The molecule has 0 aliphatic heterocycles. The van der Waals surface area contributed by atoms with Crippen molar-refractivity contribution in [3.63, 3.8) is 0 Å². The van der Waals surface area contributed by atoms with Gasteiger partial charge in [0.1, 0.15) is 18.0 Å². The number of para-hydroxylation sites is 1. The zero-order valence-corrected chi connectivity index (χ0v) is 17.2. The van der Waals surface area contributed by atoms with Gasteiger partial charge in [0.25, 0.3) is 0 Å². The number of methoxy groups -OCH3 is 1. The van der Waals surface area contributed by atoms with Gasteiger partial charge in [-0.3, -0.25) is 0 Å². The molecule has 0 atom stereocenters. The molecule has 0 aliphatic carbocycles. The first kappa shape index (κ1) is 20.7. The van der Waals surface area contributed by atoms with Crippen LogP contribution < -0.4 is 15.4 Å². The van der Waals surface area contributed by atoms with E-state index in [0.717, 1.165) is 34.4 Å². The molecular weight excluding hydrogens is 368 g/mol. The summed E-state index contributed by atoms with van der Waals surface area (Å²) in [5.41, 5.74) is 2.96. The second kappa shape index (κ2) is 10.5. The van der Waals surface area contributed by atoms with Gasteiger partial charge in [-0.05, 0) is 26.0 Å². The lowest BCUT2D eigenvalue weighted by Crippen LogP contribution is -2.36. The van der Waals surface area contributed by atoms with Crippen LogP contribution in [0.4, 0.5) is 0 Å². The Bertz CT molecular complexity index is 952. The zero-order chi connectivity index (χ0) is 20.5. The molecular formula is C22H28N4O3. The normalized spacial score (nSPS) is 11.6. The van der Waals surface area contributed by atoms with Gasteiger partial charge < -0.3 is 24.5 Å². The van der Waals surface area contributed by atoms with E-state index in [9.17, 15) is 0 Å². The first-order valence-corrected chi connectivity index (χ1v) is 9.77. The molecule has 2 N–H and O–H groups in total. The van der Waals surface area contributed by atoms with Crippen molar-refractivity contribution in [2.45, 2.75) is 26.9 Å². The standard InChI is InChI=1S/C22H28N4O3/c1-4-23-22(25-14-17-8-7-11-24-21(17)28-13-12-27-3)26-15-20-16(2)18-9-5-6-10-19(18)29-20/h5-11H,4,12-15H2,1-3H3,(H2,23,25,26). The van der Waals surface area contributed by atoms with Crippen LogP contribution in [0, 0.1) is 6.92 Å². The van der Waals surface area contributed by atoms with Gasteiger partial charge in [0.15, 0.2) is 5.96 Å². The summed E-state index contributed by atoms with van der Waals surface area (Å²) in [6.07, 6.45) is 1.71. The number of aryl methyl sites for hydroxylation is 1. The number of hydrogen-bond donors (Lipinski definition) is 2. The van der Waals surface area contributed by atoms with Gasteiger partial charge in [-0.25, -0.2) is 9.98 Å². The molecule has 2 aromatic heterocycles. The number of aromatic nitrogens is 1. The van der Waals surface area contributed by atoms with Gasteiger partial charge in [0.05, 0.1) is 19.7 Å². The second-order valence-electron chi connectivity index (χ2n) is 6.50. The minimum absolute atomic E-state index is 0.449. The van der Waals surface area contributed by atoms with Crippen molar-refractivity contribution < 1.29 is 13.9 Å². The Labute approximate surface area is 171 Å². The van der Waals surface area contributed by atoms with Gasteiger partial charge in [-0.15, -0.1) is 0 Å². The van der Waals surface area contributed by atoms with Gasteiger partial charge in [-0.1, -0.05) is 24.3 Å². The average molecular weight is 396 g/mol. The highest BCUT2D eigenvalue weighted by molar-refractivity contribution is 5.83. The number of guanidine groups is 1. The lowest BCUT2D eigenvalue weighted by Gasteiger charge is -2.12. The Morgan fingerprint density at radius 3 is 2.79 bits per heavy atom. The third-order valence-electron chi connectivity index (χ3n) is 4.49. The third kappa shape index (κ3) is 5.48. The molecule has 0 amide bonds. The molecule has 1 aromatic carbocycles. The quantitative estimate of drug-likeness (QED) is 0.328. The number of aliphatic imine (C=N–C) groups is 1. The monoisotopic (exact) mass is 396 g/mol. The number of ether oxygens (including phenoxy) is 2. The summed E-state index contributed by atoms with van der Waals surface area (Å²) in [4.78, 5) is 8.97. The van der Waals surface area contributed by atoms with Crippen molar-refractivity contribution in [3.05, 3.63) is 59.5 Å². The van der Waals surface area contributed by atoms with Crippen molar-refractivity contribution in [1.29, 1.82) is 0 Å². The number of benzene rings is 1. The molecule has 0 spiro atoms. The fourth-order valence-corrected chi connectivity index (χ4v) is 2.96. The van der Waals surface area contributed by atoms with E-state index in [4.69, 9.17) is 13.9 Å². The minimum atomic E-state index is 0.449. The summed E-state index contributed by atoms with van der Waals surface area (Å²) in [7, 11) is 1.64. The molecule has 0 saturated heterocycles. The average Bonchev–Trinajstić information content (AvgIpc) is 3.07. The van der Waals surface area contributed by atoms with Crippen LogP contribution in [-0.4, -0.2) is 37.8 Å². The van der Waals surface area contributed by atoms with Crippen molar-refractivity contribution in [2.75, 3.05) is 26.9 Å². The zero-order valence-electron chi connectivity index (χ0n) is 17.2. The van der Waals surface area contributed by atoms with Crippen molar-refractivity contribution in [1.82, 2.24) is 15.6 Å². The Kier molecular flexibility index (Phi) is 7.47. The molecule has 7 heteroatoms. The first-order chi connectivity index (χ1) is 14.2. The van der Waals surface area contributed by atoms with Crippen molar-refractivity contribution >= 4 is 16.9 Å². The van der Waals surface area contributed by atoms with E-state index in [-0.39, 0.29) is 0 Å². The van der Waals surface area contributed by atoms with Gasteiger partial charge >= 0.3 is 0 Å². The van der Waals surface area contributed by atoms with Crippen LogP contribution in [0.1, 0.15) is 23.8 Å². The van der Waals surface area contributed by atoms with Crippen LogP contribution in [-0.2, 0) is 17.8 Å². The van der Waals surface area contributed by atoms with Crippen LogP contribution >= 0.6 is 0 Å². The molecule has 154 valence electrons. The fraction of sp³-hybridized carbons (Fsp3) is 0.364. The van der Waals surface area contributed by atoms with Gasteiger partial charge in [0.2, 0.25) is 5.88 Å². The van der Waals surface area contributed by atoms with Crippen molar-refractivity contribution in [2.24, 2.45) is 4.99 Å². The highest BCUT2D eigenvalue weighted by atomic mass is 16.5. The van der Waals surface area contributed by atoms with Gasteiger partial charge in [-0.2, -0.15) is 0 Å². The Hall–Kier alpha value is -3.06. The highest BCUT2D eigenvalue weighted by Gasteiger charge is 2.11. The number of nitrogens with one attached hydrogen (secondary N) is 2. The molecule has 3 aromatic rings. The second-order valence-corrected chi connectivity index (χ2v) is 6.50. The van der Waals surface area contributed by atoms with Crippen molar-refractivity contribution in [3.8, 4) is 5.88 Å². The van der Waals surface area contributed by atoms with E-state index in [1.165, 1.54) is 0 Å². The topological polar surface area (TPSA) is 80.9 Å². The Morgan fingerprint density at radius 1 is 1.14 bits per heavy atom. The summed E-state index contributed by atoms with van der Waals surface area (Å²) < 4.78 is 16.7. The number of pyridine rings is 1. The van der Waals surface area contributed by atoms with E-state index in [1.54, 1.807) is 13.3 Å². The number of furan rings is 1. The van der Waals surface area contributed by atoms with Crippen LogP contribution in [0.2, 0.25) is 0 Å². The summed E-state index contributed by atoms with van der Waals surface area (Å²) in [5, 5.41) is 7.75. The predicted octanol–water partition coefficient (Wildman–Crippen LogP) is 3.42. The summed E-state index contributed by atoms with van der Waals surface area (Å²) in [5.74, 6) is 2.19. The van der Waals surface area contributed by atoms with Crippen LogP contribution in [0.5, 0.6) is 5.88 Å². The summed E-state index contributed by atoms with van der Waals surface area (Å²) in [6, 6.07) is 11.9. The molecule has 0 unspecified atom stereocenters. The number of fused-ring (bicyclic) bond motifs is 1. The maximum Gasteiger partial charge on any atom is 0.218 e. The maximum atomic E-state index is 5.98. The third-order valence-corrected chi connectivity index (χ3v) is 4.49. The fourth-order valence-electron chi connectivity index (χ4n) is 2.96. The predicted molar refractivity (Wildman–Crippen MR) is 114 cm³/mol. The Morgan fingerprint density at radius 2 is 2.00 bits per heavy atom. The molecule has 3 rings (SSSR count). The van der Waals surface area contributed by atoms with Crippen LogP contribution in [0.3, 0.4) is 0 Å². The molecule has 0 radical (unpaired) electrons. The molecule has 29 heavy (non-hydrogen) atoms. The summed E-state index contributed by atoms with van der Waals surface area (Å²) >= 11 is 0. The number of nitrogens with zero attached hydrogens (tertiary/aromatic N) is 2. The lowest BCUT2D eigenvalue weighted by molar-refractivity contribution is 0.143. The smallest absolute Gasteiger partial charge is 0.218 e. The SMILES string of the molecule is CCNC(=NCc1cccnc1OCCOC)NCc1oc2ccccc2c1C. The largest absolute Gasteiger partial charge is 0.475 e. The van der Waals surface area contributed by atoms with E-state index in [0.29, 0.717) is 38.1 Å². The molecule has 2 heterocycles. The number of hydrogen-bond acceptors (Lipinski definition) is 5. The number of rotatable bonds is 9. The summed E-state index contributed by atoms with van der Waals surface area (Å²) in [6.45, 7) is 6.84. The molecule has 0 fully saturated rings. The minimum Gasteiger partial charge on any atom is -0.475 e. The van der Waals surface area contributed by atoms with Crippen LogP contribution in [0.25, 0.3) is 11.0 Å². The van der Waals surface area contributed by atoms with Gasteiger partial charge in [0, 0.05) is 36.4 Å².